The van der Waals surface area contributed by atoms with E-state index in [1.165, 1.54) is 6.92 Å². The summed E-state index contributed by atoms with van der Waals surface area (Å²) < 4.78 is 51.5. The Morgan fingerprint density at radius 1 is 1.24 bits per heavy atom. The molecule has 0 aliphatic rings. The van der Waals surface area contributed by atoms with Gasteiger partial charge in [0.1, 0.15) is 11.6 Å². The van der Waals surface area contributed by atoms with Gasteiger partial charge in [-0.25, -0.2) is 17.2 Å². The number of rotatable bonds is 5. The Hall–Kier alpha value is -1.21. The summed E-state index contributed by atoms with van der Waals surface area (Å²) in [5.41, 5.74) is -0.245. The number of hydrogen-bond acceptors (Lipinski definition) is 3. The third-order valence-corrected chi connectivity index (χ3v) is 3.41. The molecule has 0 radical (unpaired) electrons. The van der Waals surface area contributed by atoms with Crippen LogP contribution < -0.4 is 10.0 Å². The van der Waals surface area contributed by atoms with E-state index in [2.05, 4.69) is 5.32 Å². The van der Waals surface area contributed by atoms with E-state index in [9.17, 15) is 17.2 Å². The highest BCUT2D eigenvalue weighted by molar-refractivity contribution is 7.92. The maximum absolute atomic E-state index is 13.4. The molecule has 0 aliphatic heterocycles. The summed E-state index contributed by atoms with van der Waals surface area (Å²) in [6.45, 7) is 1.63. The molecule has 0 unspecified atom stereocenters. The second-order valence-electron chi connectivity index (χ2n) is 3.61. The van der Waals surface area contributed by atoms with Crippen molar-refractivity contribution >= 4 is 15.7 Å². The monoisotopic (exact) mass is 264 g/mol. The maximum atomic E-state index is 13.4. The summed E-state index contributed by atoms with van der Waals surface area (Å²) in [5.74, 6) is -1.66. The molecule has 1 rings (SSSR count). The molecular formula is C10H14F2N2O2S. The number of halogens is 2. The molecule has 7 heteroatoms. The predicted molar refractivity (Wildman–Crippen MR) is 62.4 cm³/mol. The van der Waals surface area contributed by atoms with Gasteiger partial charge in [-0.2, -0.15) is 0 Å². The smallest absolute Gasteiger partial charge is 0.234 e. The molecule has 0 aromatic heterocycles. The molecule has 0 atom stereocenters. The van der Waals surface area contributed by atoms with Gasteiger partial charge in [-0.05, 0) is 25.6 Å². The fourth-order valence-corrected chi connectivity index (χ4v) is 2.25. The Labute approximate surface area is 99.1 Å². The average molecular weight is 264 g/mol. The molecule has 0 fully saturated rings. The van der Waals surface area contributed by atoms with Gasteiger partial charge >= 0.3 is 0 Å². The normalized spacial score (nSPS) is 11.5. The van der Waals surface area contributed by atoms with Gasteiger partial charge in [-0.15, -0.1) is 0 Å². The molecule has 0 saturated heterocycles. The zero-order chi connectivity index (χ0) is 13.1. The Kier molecular flexibility index (Phi) is 4.41. The predicted octanol–water partition coefficient (Wildman–Crippen LogP) is 1.23. The zero-order valence-corrected chi connectivity index (χ0v) is 10.4. The topological polar surface area (TPSA) is 58.2 Å². The quantitative estimate of drug-likeness (QED) is 0.841. The van der Waals surface area contributed by atoms with Crippen LogP contribution in [0, 0.1) is 18.6 Å². The van der Waals surface area contributed by atoms with E-state index in [0.717, 1.165) is 12.1 Å². The molecule has 1 aromatic carbocycles. The summed E-state index contributed by atoms with van der Waals surface area (Å²) in [6, 6.07) is 1.78. The molecule has 0 saturated carbocycles. The van der Waals surface area contributed by atoms with Crippen LogP contribution in [0.1, 0.15) is 5.56 Å². The van der Waals surface area contributed by atoms with Crippen molar-refractivity contribution in [3.8, 4) is 0 Å². The van der Waals surface area contributed by atoms with E-state index in [-0.39, 0.29) is 23.5 Å². The van der Waals surface area contributed by atoms with Crippen LogP contribution in [-0.4, -0.2) is 27.8 Å². The fraction of sp³-hybridized carbons (Fsp3) is 0.400. The maximum Gasteiger partial charge on any atom is 0.234 e. The van der Waals surface area contributed by atoms with Gasteiger partial charge < -0.3 is 5.32 Å². The minimum absolute atomic E-state index is 0.126. The molecule has 0 aliphatic carbocycles. The second kappa shape index (κ2) is 5.42. The van der Waals surface area contributed by atoms with Crippen LogP contribution in [-0.2, 0) is 10.0 Å². The van der Waals surface area contributed by atoms with Crippen molar-refractivity contribution in [2.45, 2.75) is 6.92 Å². The van der Waals surface area contributed by atoms with Crippen molar-refractivity contribution in [2.75, 3.05) is 24.1 Å². The summed E-state index contributed by atoms with van der Waals surface area (Å²) >= 11 is 0. The van der Waals surface area contributed by atoms with Crippen molar-refractivity contribution in [2.24, 2.45) is 0 Å². The van der Waals surface area contributed by atoms with Crippen LogP contribution in [0.3, 0.4) is 0 Å². The first kappa shape index (κ1) is 13.9. The molecule has 0 heterocycles. The van der Waals surface area contributed by atoms with E-state index in [1.54, 1.807) is 7.05 Å². The molecule has 0 spiro atoms. The van der Waals surface area contributed by atoms with Crippen molar-refractivity contribution in [1.29, 1.82) is 0 Å². The molecule has 0 amide bonds. The molecule has 0 bridgehead atoms. The largest absolute Gasteiger partial charge is 0.319 e. The third kappa shape index (κ3) is 3.94. The summed E-state index contributed by atoms with van der Waals surface area (Å²) in [4.78, 5) is 0. The van der Waals surface area contributed by atoms with Gasteiger partial charge in [0.25, 0.3) is 0 Å². The minimum Gasteiger partial charge on any atom is -0.319 e. The van der Waals surface area contributed by atoms with Gasteiger partial charge in [0.05, 0.1) is 11.4 Å². The van der Waals surface area contributed by atoms with Gasteiger partial charge in [-0.1, -0.05) is 0 Å². The Morgan fingerprint density at radius 3 is 2.47 bits per heavy atom. The van der Waals surface area contributed by atoms with Gasteiger partial charge in [0.15, 0.2) is 0 Å². The minimum atomic E-state index is -3.67. The van der Waals surface area contributed by atoms with Gasteiger partial charge in [0.2, 0.25) is 10.0 Å². The highest BCUT2D eigenvalue weighted by Crippen LogP contribution is 2.19. The van der Waals surface area contributed by atoms with E-state index >= 15 is 0 Å². The first-order valence-electron chi connectivity index (χ1n) is 4.96. The summed E-state index contributed by atoms with van der Waals surface area (Å²) in [5, 5.41) is 2.66. The highest BCUT2D eigenvalue weighted by Gasteiger charge is 2.14. The zero-order valence-electron chi connectivity index (χ0n) is 9.55. The van der Waals surface area contributed by atoms with Crippen molar-refractivity contribution in [3.63, 3.8) is 0 Å². The number of benzene rings is 1. The Balaban J connectivity index is 2.92. The number of anilines is 1. The lowest BCUT2D eigenvalue weighted by atomic mass is 10.2. The molecule has 2 N–H and O–H groups in total. The third-order valence-electron chi connectivity index (χ3n) is 2.13. The number of aryl methyl sites for hydroxylation is 1. The highest BCUT2D eigenvalue weighted by atomic mass is 32.2. The molecule has 1 aromatic rings. The SMILES string of the molecule is CNCCS(=O)(=O)Nc1cc(F)c(C)cc1F. The lowest BCUT2D eigenvalue weighted by Crippen LogP contribution is -2.25. The van der Waals surface area contributed by atoms with Crippen LogP contribution in [0.2, 0.25) is 0 Å². The lowest BCUT2D eigenvalue weighted by molar-refractivity contribution is 0.589. The second-order valence-corrected chi connectivity index (χ2v) is 5.45. The summed E-state index contributed by atoms with van der Waals surface area (Å²) in [6.07, 6.45) is 0. The molecule has 96 valence electrons. The molecule has 4 nitrogen and oxygen atoms in total. The van der Waals surface area contributed by atoms with Crippen molar-refractivity contribution in [3.05, 3.63) is 29.3 Å². The molecule has 17 heavy (non-hydrogen) atoms. The summed E-state index contributed by atoms with van der Waals surface area (Å²) in [7, 11) is -2.07. The molecular weight excluding hydrogens is 250 g/mol. The average Bonchev–Trinajstić information content (AvgIpc) is 2.23. The standard InChI is InChI=1S/C10H14F2N2O2S/c1-7-5-9(12)10(6-8(7)11)14-17(15,16)4-3-13-2/h5-6,13-14H,3-4H2,1-2H3. The van der Waals surface area contributed by atoms with Crippen LogP contribution in [0.4, 0.5) is 14.5 Å². The Bertz CT molecular complexity index is 503. The first-order valence-corrected chi connectivity index (χ1v) is 6.61. The van der Waals surface area contributed by atoms with Crippen molar-refractivity contribution in [1.82, 2.24) is 5.32 Å². The van der Waals surface area contributed by atoms with E-state index < -0.39 is 21.7 Å². The lowest BCUT2D eigenvalue weighted by Gasteiger charge is -2.09. The van der Waals surface area contributed by atoms with E-state index in [4.69, 9.17) is 0 Å². The number of hydrogen-bond donors (Lipinski definition) is 2. The van der Waals surface area contributed by atoms with E-state index in [1.807, 2.05) is 4.72 Å². The van der Waals surface area contributed by atoms with Crippen LogP contribution >= 0.6 is 0 Å². The first-order chi connectivity index (χ1) is 7.85. The van der Waals surface area contributed by atoms with Crippen LogP contribution in [0.25, 0.3) is 0 Å². The Morgan fingerprint density at radius 2 is 1.88 bits per heavy atom. The van der Waals surface area contributed by atoms with Gasteiger partial charge in [0, 0.05) is 12.6 Å². The van der Waals surface area contributed by atoms with Crippen LogP contribution in [0.5, 0.6) is 0 Å². The van der Waals surface area contributed by atoms with Crippen LogP contribution in [0.15, 0.2) is 12.1 Å². The van der Waals surface area contributed by atoms with E-state index in [0.29, 0.717) is 0 Å². The van der Waals surface area contributed by atoms with Crippen molar-refractivity contribution < 1.29 is 17.2 Å². The number of sulfonamides is 1. The fourth-order valence-electron chi connectivity index (χ4n) is 1.18. The van der Waals surface area contributed by atoms with Gasteiger partial charge in [-0.3, -0.25) is 4.72 Å². The number of nitrogens with one attached hydrogen (secondary N) is 2.